The first kappa shape index (κ1) is 16.1. The fourth-order valence-electron chi connectivity index (χ4n) is 1.80. The molecule has 0 radical (unpaired) electrons. The molecule has 0 unspecified atom stereocenters. The Kier molecular flexibility index (Phi) is 5.87. The van der Waals surface area contributed by atoms with Gasteiger partial charge < -0.3 is 9.47 Å². The van der Waals surface area contributed by atoms with Crippen LogP contribution in [-0.2, 0) is 6.61 Å². The van der Waals surface area contributed by atoms with Crippen molar-refractivity contribution in [1.29, 1.82) is 0 Å². The molecule has 21 heavy (non-hydrogen) atoms. The Balaban J connectivity index is 2.21. The highest BCUT2D eigenvalue weighted by atomic mass is 127. The second-order valence-electron chi connectivity index (χ2n) is 4.30. The topological polar surface area (TPSA) is 35.5 Å². The molecule has 0 heterocycles. The number of rotatable bonds is 6. The third-order valence-electron chi connectivity index (χ3n) is 2.76. The quantitative estimate of drug-likeness (QED) is 0.504. The SMILES string of the molecule is CCOc1cc(C=O)cc(I)c1OCc1ccc(Cl)cc1. The minimum atomic E-state index is 0.410. The molecule has 0 spiro atoms. The van der Waals surface area contributed by atoms with Crippen molar-refractivity contribution in [3.63, 3.8) is 0 Å². The van der Waals surface area contributed by atoms with E-state index >= 15 is 0 Å². The van der Waals surface area contributed by atoms with Gasteiger partial charge in [-0.05, 0) is 59.3 Å². The molecule has 0 N–H and O–H groups in total. The molecule has 5 heteroatoms. The number of hydrogen-bond acceptors (Lipinski definition) is 3. The fraction of sp³-hybridized carbons (Fsp3) is 0.188. The van der Waals surface area contributed by atoms with E-state index in [9.17, 15) is 4.79 Å². The molecule has 0 aromatic heterocycles. The minimum Gasteiger partial charge on any atom is -0.490 e. The molecule has 0 fully saturated rings. The molecular weight excluding hydrogens is 403 g/mol. The maximum atomic E-state index is 10.9. The van der Waals surface area contributed by atoms with Crippen LogP contribution in [0.5, 0.6) is 11.5 Å². The Morgan fingerprint density at radius 2 is 1.90 bits per heavy atom. The van der Waals surface area contributed by atoms with E-state index in [-0.39, 0.29) is 0 Å². The molecule has 2 aromatic carbocycles. The first-order chi connectivity index (χ1) is 10.1. The molecule has 0 aliphatic rings. The van der Waals surface area contributed by atoms with Crippen molar-refractivity contribution >= 4 is 40.5 Å². The Morgan fingerprint density at radius 3 is 2.52 bits per heavy atom. The third kappa shape index (κ3) is 4.35. The van der Waals surface area contributed by atoms with Crippen LogP contribution in [-0.4, -0.2) is 12.9 Å². The van der Waals surface area contributed by atoms with Gasteiger partial charge >= 0.3 is 0 Å². The van der Waals surface area contributed by atoms with Crippen molar-refractivity contribution in [3.05, 3.63) is 56.1 Å². The minimum absolute atomic E-state index is 0.410. The summed E-state index contributed by atoms with van der Waals surface area (Å²) in [5.74, 6) is 1.23. The standard InChI is InChI=1S/C16H14ClIO3/c1-2-20-15-8-12(9-19)7-14(18)16(15)21-10-11-3-5-13(17)6-4-11/h3-9H,2,10H2,1H3. The molecule has 0 atom stereocenters. The normalized spacial score (nSPS) is 10.2. The second-order valence-corrected chi connectivity index (χ2v) is 5.89. The highest BCUT2D eigenvalue weighted by Gasteiger charge is 2.12. The van der Waals surface area contributed by atoms with Crippen molar-refractivity contribution in [2.75, 3.05) is 6.61 Å². The number of carbonyl (C=O) groups is 1. The summed E-state index contributed by atoms with van der Waals surface area (Å²) >= 11 is 8.00. The lowest BCUT2D eigenvalue weighted by Crippen LogP contribution is -2.02. The van der Waals surface area contributed by atoms with Gasteiger partial charge in [-0.2, -0.15) is 0 Å². The van der Waals surface area contributed by atoms with Gasteiger partial charge in [0.15, 0.2) is 11.5 Å². The van der Waals surface area contributed by atoms with Gasteiger partial charge in [-0.3, -0.25) is 4.79 Å². The molecule has 0 amide bonds. The first-order valence-corrected chi connectivity index (χ1v) is 7.88. The first-order valence-electron chi connectivity index (χ1n) is 6.42. The molecular formula is C16H14ClIO3. The lowest BCUT2D eigenvalue weighted by atomic mass is 10.2. The highest BCUT2D eigenvalue weighted by molar-refractivity contribution is 14.1. The molecule has 2 aromatic rings. The second kappa shape index (κ2) is 7.66. The molecule has 3 nitrogen and oxygen atoms in total. The predicted molar refractivity (Wildman–Crippen MR) is 91.5 cm³/mol. The van der Waals surface area contributed by atoms with Gasteiger partial charge in [0.05, 0.1) is 10.2 Å². The summed E-state index contributed by atoms with van der Waals surface area (Å²) in [6.45, 7) is 2.81. The lowest BCUT2D eigenvalue weighted by molar-refractivity contribution is 0.112. The Bertz CT molecular complexity index is 626. The van der Waals surface area contributed by atoms with E-state index in [1.165, 1.54) is 0 Å². The van der Waals surface area contributed by atoms with E-state index in [1.54, 1.807) is 12.1 Å². The van der Waals surface area contributed by atoms with Crippen LogP contribution in [0.15, 0.2) is 36.4 Å². The van der Waals surface area contributed by atoms with Crippen LogP contribution in [0, 0.1) is 3.57 Å². The Morgan fingerprint density at radius 1 is 1.19 bits per heavy atom. The van der Waals surface area contributed by atoms with Gasteiger partial charge in [0, 0.05) is 10.6 Å². The third-order valence-corrected chi connectivity index (χ3v) is 3.82. The van der Waals surface area contributed by atoms with Gasteiger partial charge in [-0.15, -0.1) is 0 Å². The molecule has 0 aliphatic carbocycles. The summed E-state index contributed by atoms with van der Waals surface area (Å²) in [4.78, 5) is 10.9. The summed E-state index contributed by atoms with van der Waals surface area (Å²) < 4.78 is 12.3. The van der Waals surface area contributed by atoms with Crippen LogP contribution in [0.2, 0.25) is 5.02 Å². The molecule has 110 valence electrons. The van der Waals surface area contributed by atoms with Gasteiger partial charge in [0.1, 0.15) is 12.9 Å². The average Bonchev–Trinajstić information content (AvgIpc) is 2.48. The van der Waals surface area contributed by atoms with Crippen LogP contribution in [0.3, 0.4) is 0 Å². The van der Waals surface area contributed by atoms with E-state index in [4.69, 9.17) is 21.1 Å². The van der Waals surface area contributed by atoms with E-state index in [0.29, 0.717) is 35.3 Å². The van der Waals surface area contributed by atoms with Crippen molar-refractivity contribution in [3.8, 4) is 11.5 Å². The molecule has 0 aliphatic heterocycles. The van der Waals surface area contributed by atoms with Gasteiger partial charge in [-0.25, -0.2) is 0 Å². The van der Waals surface area contributed by atoms with Crippen LogP contribution >= 0.6 is 34.2 Å². The van der Waals surface area contributed by atoms with E-state index in [0.717, 1.165) is 15.4 Å². The average molecular weight is 417 g/mol. The summed E-state index contributed by atoms with van der Waals surface area (Å²) in [5.41, 5.74) is 1.58. The number of hydrogen-bond donors (Lipinski definition) is 0. The maximum absolute atomic E-state index is 10.9. The highest BCUT2D eigenvalue weighted by Crippen LogP contribution is 2.34. The Labute approximate surface area is 142 Å². The molecule has 0 saturated heterocycles. The van der Waals surface area contributed by atoms with Crippen molar-refractivity contribution in [1.82, 2.24) is 0 Å². The fourth-order valence-corrected chi connectivity index (χ4v) is 2.70. The number of aldehydes is 1. The van der Waals surface area contributed by atoms with Gasteiger partial charge in [0.2, 0.25) is 0 Å². The van der Waals surface area contributed by atoms with Crippen LogP contribution in [0.4, 0.5) is 0 Å². The zero-order chi connectivity index (χ0) is 15.2. The number of halogens is 2. The zero-order valence-electron chi connectivity index (χ0n) is 11.4. The van der Waals surface area contributed by atoms with Crippen LogP contribution in [0.25, 0.3) is 0 Å². The van der Waals surface area contributed by atoms with Gasteiger partial charge in [-0.1, -0.05) is 23.7 Å². The van der Waals surface area contributed by atoms with E-state index < -0.39 is 0 Å². The summed E-state index contributed by atoms with van der Waals surface area (Å²) in [6, 6.07) is 10.9. The zero-order valence-corrected chi connectivity index (χ0v) is 14.3. The number of ether oxygens (including phenoxy) is 2. The monoisotopic (exact) mass is 416 g/mol. The number of benzene rings is 2. The molecule has 2 rings (SSSR count). The van der Waals surface area contributed by atoms with Crippen molar-refractivity contribution in [2.24, 2.45) is 0 Å². The number of carbonyl (C=O) groups excluding carboxylic acids is 1. The van der Waals surface area contributed by atoms with Crippen molar-refractivity contribution < 1.29 is 14.3 Å². The smallest absolute Gasteiger partial charge is 0.175 e. The summed E-state index contributed by atoms with van der Waals surface area (Å²) in [6.07, 6.45) is 0.799. The van der Waals surface area contributed by atoms with E-state index in [2.05, 4.69) is 22.6 Å². The molecule has 0 saturated carbocycles. The van der Waals surface area contributed by atoms with E-state index in [1.807, 2.05) is 31.2 Å². The van der Waals surface area contributed by atoms with Gasteiger partial charge in [0.25, 0.3) is 0 Å². The van der Waals surface area contributed by atoms with Crippen LogP contribution < -0.4 is 9.47 Å². The summed E-state index contributed by atoms with van der Waals surface area (Å²) in [5, 5.41) is 0.693. The largest absolute Gasteiger partial charge is 0.490 e. The molecule has 0 bridgehead atoms. The lowest BCUT2D eigenvalue weighted by Gasteiger charge is -2.14. The maximum Gasteiger partial charge on any atom is 0.175 e. The van der Waals surface area contributed by atoms with Crippen LogP contribution in [0.1, 0.15) is 22.8 Å². The Hall–Kier alpha value is -1.27. The summed E-state index contributed by atoms with van der Waals surface area (Å²) in [7, 11) is 0. The van der Waals surface area contributed by atoms with Crippen molar-refractivity contribution in [2.45, 2.75) is 13.5 Å². The predicted octanol–water partition coefficient (Wildman–Crippen LogP) is 4.73.